The summed E-state index contributed by atoms with van der Waals surface area (Å²) in [7, 11) is 0. The molecular weight excluding hydrogens is 593 g/mol. The molecule has 0 spiro atoms. The van der Waals surface area contributed by atoms with Crippen LogP contribution in [0.15, 0.2) is 66.7 Å². The van der Waals surface area contributed by atoms with Crippen LogP contribution in [0.5, 0.6) is 0 Å². The number of benzene rings is 3. The zero-order chi connectivity index (χ0) is 31.1. The molecule has 0 amide bonds. The fourth-order valence-corrected chi connectivity index (χ4v) is 4.62. The average Bonchev–Trinajstić information content (AvgIpc) is 3.25. The molecule has 1 saturated heterocycles. The van der Waals surface area contributed by atoms with Crippen LogP contribution in [0.2, 0.25) is 0 Å². The molecule has 2 N–H and O–H groups in total. The Morgan fingerprint density at radius 2 is 1.17 bits per heavy atom. The zero-order valence-electron chi connectivity index (χ0n) is 20.9. The number of rotatable bonds is 6. The van der Waals surface area contributed by atoms with Gasteiger partial charge in [-0.2, -0.15) is 39.5 Å². The molecule has 0 aromatic heterocycles. The molecule has 4 rings (SSSR count). The molecule has 15 heteroatoms. The molecule has 1 aliphatic heterocycles. The highest BCUT2D eigenvalue weighted by Crippen LogP contribution is 2.41. The zero-order valence-corrected chi connectivity index (χ0v) is 20.9. The summed E-state index contributed by atoms with van der Waals surface area (Å²) in [5, 5.41) is 5.18. The fraction of sp³-hybridized carbons (Fsp3) is 0.296. The number of hydrogen-bond donors (Lipinski definition) is 2. The normalized spacial score (nSPS) is 21.4. The van der Waals surface area contributed by atoms with E-state index in [1.54, 1.807) is 0 Å². The van der Waals surface area contributed by atoms with Crippen LogP contribution in [0.4, 0.5) is 48.3 Å². The second kappa shape index (κ2) is 11.2. The monoisotopic (exact) mass is 612 g/mol. The Bertz CT molecular complexity index is 1370. The Hall–Kier alpha value is -3.72. The minimum Gasteiger partial charge on any atom is -0.424 e. The molecule has 226 valence electrons. The molecule has 3 aromatic carbocycles. The smallest absolute Gasteiger partial charge is 0.424 e. The van der Waals surface area contributed by atoms with Crippen LogP contribution in [0, 0.1) is 11.6 Å². The van der Waals surface area contributed by atoms with Gasteiger partial charge in [-0.05, 0) is 65.6 Å². The first kappa shape index (κ1) is 31.2. The lowest BCUT2D eigenvalue weighted by Gasteiger charge is -2.31. The van der Waals surface area contributed by atoms with Crippen molar-refractivity contribution in [3.05, 3.63) is 106 Å². The highest BCUT2D eigenvalue weighted by Gasteiger charge is 2.52. The van der Waals surface area contributed by atoms with E-state index in [2.05, 4.69) is 10.6 Å². The maximum absolute atomic E-state index is 14.1. The second-order valence-corrected chi connectivity index (χ2v) is 9.48. The van der Waals surface area contributed by atoms with Gasteiger partial charge in [0.05, 0.1) is 23.2 Å². The van der Waals surface area contributed by atoms with Gasteiger partial charge in [-0.1, -0.05) is 24.3 Å². The standard InChI is InChI=1S/C27H19F11N2O2/c28-19-5-1-3-15(11-19)21-22(16-4-2-6-20(29)12-16)40-24(39-21,42-23(41)27(36,37)38)8-7-14-9-17(25(30,31)32)13-18(10-14)26(33,34)35/h1-6,9-13,21-22,39-40H,7-8H2. The Morgan fingerprint density at radius 1 is 0.714 bits per heavy atom. The van der Waals surface area contributed by atoms with Gasteiger partial charge in [0.1, 0.15) is 11.6 Å². The summed E-state index contributed by atoms with van der Waals surface area (Å²) in [5.74, 6) is -6.82. The van der Waals surface area contributed by atoms with Crippen molar-refractivity contribution >= 4 is 5.97 Å². The fourth-order valence-electron chi connectivity index (χ4n) is 4.62. The van der Waals surface area contributed by atoms with Gasteiger partial charge in [-0.15, -0.1) is 0 Å². The first-order valence-corrected chi connectivity index (χ1v) is 12.0. The number of aryl methyl sites for hydroxylation is 1. The third-order valence-electron chi connectivity index (χ3n) is 6.44. The van der Waals surface area contributed by atoms with E-state index in [-0.39, 0.29) is 17.2 Å². The number of ether oxygens (including phenoxy) is 1. The predicted octanol–water partition coefficient (Wildman–Crippen LogP) is 7.37. The van der Waals surface area contributed by atoms with Crippen LogP contribution < -0.4 is 10.6 Å². The maximum Gasteiger partial charge on any atom is 0.491 e. The molecule has 3 aromatic rings. The van der Waals surface area contributed by atoms with Crippen molar-refractivity contribution in [1.82, 2.24) is 10.6 Å². The lowest BCUT2D eigenvalue weighted by atomic mass is 9.95. The molecule has 42 heavy (non-hydrogen) atoms. The van der Waals surface area contributed by atoms with Crippen LogP contribution in [-0.2, 0) is 28.3 Å². The van der Waals surface area contributed by atoms with Crippen molar-refractivity contribution in [1.29, 1.82) is 0 Å². The van der Waals surface area contributed by atoms with E-state index >= 15 is 0 Å². The molecule has 0 bridgehead atoms. The summed E-state index contributed by atoms with van der Waals surface area (Å²) in [6.45, 7) is 0. The number of carbonyl (C=O) groups is 1. The van der Waals surface area contributed by atoms with Crippen molar-refractivity contribution in [2.75, 3.05) is 0 Å². The van der Waals surface area contributed by atoms with Crippen LogP contribution in [0.25, 0.3) is 0 Å². The van der Waals surface area contributed by atoms with E-state index < -0.39 is 83.6 Å². The highest BCUT2D eigenvalue weighted by atomic mass is 19.4. The molecular formula is C27H19F11N2O2. The van der Waals surface area contributed by atoms with E-state index in [1.165, 1.54) is 24.3 Å². The molecule has 2 atom stereocenters. The van der Waals surface area contributed by atoms with Gasteiger partial charge in [-0.3, -0.25) is 10.6 Å². The van der Waals surface area contributed by atoms with E-state index in [9.17, 15) is 53.1 Å². The summed E-state index contributed by atoms with van der Waals surface area (Å²) in [5.41, 5.74) is -3.70. The first-order chi connectivity index (χ1) is 19.4. The molecule has 4 nitrogen and oxygen atoms in total. The average molecular weight is 612 g/mol. The number of nitrogens with one attached hydrogen (secondary N) is 2. The van der Waals surface area contributed by atoms with E-state index in [4.69, 9.17) is 4.74 Å². The molecule has 0 aliphatic carbocycles. The predicted molar refractivity (Wildman–Crippen MR) is 124 cm³/mol. The van der Waals surface area contributed by atoms with Gasteiger partial charge in [0.2, 0.25) is 5.85 Å². The Morgan fingerprint density at radius 3 is 1.55 bits per heavy atom. The van der Waals surface area contributed by atoms with Crippen molar-refractivity contribution < 1.29 is 57.8 Å². The molecule has 1 fully saturated rings. The molecule has 1 heterocycles. The van der Waals surface area contributed by atoms with Gasteiger partial charge >= 0.3 is 24.5 Å². The Kier molecular flexibility index (Phi) is 8.30. The SMILES string of the molecule is O=C(OC1(CCc2cc(C(F)(F)F)cc(C(F)(F)F)c2)NC(c2cccc(F)c2)C(c2cccc(F)c2)N1)C(F)(F)F. The van der Waals surface area contributed by atoms with Gasteiger partial charge in [0.25, 0.3) is 0 Å². The van der Waals surface area contributed by atoms with Crippen molar-refractivity contribution in [2.24, 2.45) is 0 Å². The third kappa shape index (κ3) is 7.18. The number of alkyl halides is 9. The number of halogens is 11. The molecule has 1 aliphatic rings. The van der Waals surface area contributed by atoms with E-state index in [1.807, 2.05) is 0 Å². The number of hydrogen-bond acceptors (Lipinski definition) is 4. The molecule has 0 saturated carbocycles. The summed E-state index contributed by atoms with van der Waals surface area (Å²) in [6, 6.07) is 7.59. The quantitative estimate of drug-likeness (QED) is 0.226. The Labute approximate surface area is 230 Å². The second-order valence-electron chi connectivity index (χ2n) is 9.48. The third-order valence-corrected chi connectivity index (χ3v) is 6.44. The van der Waals surface area contributed by atoms with Gasteiger partial charge < -0.3 is 4.74 Å². The van der Waals surface area contributed by atoms with Crippen molar-refractivity contribution in [3.8, 4) is 0 Å². The highest BCUT2D eigenvalue weighted by molar-refractivity contribution is 5.76. The van der Waals surface area contributed by atoms with Crippen LogP contribution in [-0.4, -0.2) is 18.0 Å². The van der Waals surface area contributed by atoms with Crippen LogP contribution >= 0.6 is 0 Å². The Balaban J connectivity index is 1.78. The largest absolute Gasteiger partial charge is 0.491 e. The van der Waals surface area contributed by atoms with E-state index in [0.717, 1.165) is 24.3 Å². The van der Waals surface area contributed by atoms with E-state index in [0.29, 0.717) is 12.1 Å². The van der Waals surface area contributed by atoms with Crippen molar-refractivity contribution in [3.63, 3.8) is 0 Å². The summed E-state index contributed by atoms with van der Waals surface area (Å²) in [6.07, 6.45) is -17.5. The van der Waals surface area contributed by atoms with Gasteiger partial charge in [-0.25, -0.2) is 13.6 Å². The topological polar surface area (TPSA) is 50.4 Å². The first-order valence-electron chi connectivity index (χ1n) is 12.0. The summed E-state index contributed by atoms with van der Waals surface area (Å²) >= 11 is 0. The lowest BCUT2D eigenvalue weighted by Crippen LogP contribution is -2.55. The summed E-state index contributed by atoms with van der Waals surface area (Å²) in [4.78, 5) is 12.0. The van der Waals surface area contributed by atoms with Gasteiger partial charge in [0, 0.05) is 6.42 Å². The van der Waals surface area contributed by atoms with Gasteiger partial charge in [0.15, 0.2) is 0 Å². The maximum atomic E-state index is 14.1. The summed E-state index contributed by atoms with van der Waals surface area (Å²) < 4.78 is 153. The van der Waals surface area contributed by atoms with Crippen LogP contribution in [0.3, 0.4) is 0 Å². The molecule has 0 radical (unpaired) electrons. The molecule has 2 unspecified atom stereocenters. The van der Waals surface area contributed by atoms with Crippen LogP contribution in [0.1, 0.15) is 46.3 Å². The number of carbonyl (C=O) groups excluding carboxylic acids is 1. The minimum absolute atomic E-state index is 0.0973. The lowest BCUT2D eigenvalue weighted by molar-refractivity contribution is -0.219. The number of esters is 1. The van der Waals surface area contributed by atoms with Crippen molar-refractivity contribution in [2.45, 2.75) is 49.3 Å². The minimum atomic E-state index is -5.55.